The predicted molar refractivity (Wildman–Crippen MR) is 69.4 cm³/mol. The van der Waals surface area contributed by atoms with Gasteiger partial charge in [0, 0.05) is 13.1 Å². The van der Waals surface area contributed by atoms with Crippen LogP contribution in [-0.4, -0.2) is 41.1 Å². The first kappa shape index (κ1) is 14.8. The van der Waals surface area contributed by atoms with Crippen LogP contribution in [0.2, 0.25) is 0 Å². The molecule has 3 atom stereocenters. The zero-order chi connectivity index (χ0) is 13.7. The zero-order valence-electron chi connectivity index (χ0n) is 11.5. The molecule has 0 radical (unpaired) electrons. The van der Waals surface area contributed by atoms with Crippen LogP contribution < -0.4 is 5.32 Å². The second kappa shape index (κ2) is 6.61. The van der Waals surface area contributed by atoms with Crippen molar-refractivity contribution in [1.82, 2.24) is 10.2 Å². The third-order valence-corrected chi connectivity index (χ3v) is 3.72. The Labute approximate surface area is 109 Å². The molecule has 2 N–H and O–H groups in total. The Kier molecular flexibility index (Phi) is 5.44. The molecule has 3 unspecified atom stereocenters. The number of hydrogen-bond acceptors (Lipinski definition) is 2. The van der Waals surface area contributed by atoms with Crippen LogP contribution in [0.4, 0.5) is 4.79 Å². The van der Waals surface area contributed by atoms with Crippen LogP contribution in [0.25, 0.3) is 0 Å². The van der Waals surface area contributed by atoms with E-state index < -0.39 is 12.0 Å². The van der Waals surface area contributed by atoms with Crippen molar-refractivity contribution in [3.63, 3.8) is 0 Å². The van der Waals surface area contributed by atoms with E-state index in [1.807, 2.05) is 6.92 Å². The first-order chi connectivity index (χ1) is 8.45. The maximum Gasteiger partial charge on any atom is 0.326 e. The molecule has 0 aromatic rings. The molecule has 1 rings (SSSR count). The van der Waals surface area contributed by atoms with Gasteiger partial charge in [0.15, 0.2) is 0 Å². The summed E-state index contributed by atoms with van der Waals surface area (Å²) >= 11 is 0. The highest BCUT2D eigenvalue weighted by Crippen LogP contribution is 2.22. The molecule has 1 fully saturated rings. The number of carbonyl (C=O) groups excluding carboxylic acids is 1. The van der Waals surface area contributed by atoms with E-state index in [2.05, 4.69) is 19.2 Å². The molecule has 1 aliphatic heterocycles. The van der Waals surface area contributed by atoms with E-state index in [1.165, 1.54) is 0 Å². The molecule has 0 saturated carbocycles. The van der Waals surface area contributed by atoms with Gasteiger partial charge in [-0.2, -0.15) is 0 Å². The van der Waals surface area contributed by atoms with E-state index in [1.54, 1.807) is 4.90 Å². The second-order valence-electron chi connectivity index (χ2n) is 5.34. The monoisotopic (exact) mass is 256 g/mol. The third-order valence-electron chi connectivity index (χ3n) is 3.72. The Hall–Kier alpha value is -1.26. The van der Waals surface area contributed by atoms with Crippen LogP contribution >= 0.6 is 0 Å². The van der Waals surface area contributed by atoms with Crippen molar-refractivity contribution in [2.45, 2.75) is 46.1 Å². The van der Waals surface area contributed by atoms with E-state index >= 15 is 0 Å². The quantitative estimate of drug-likeness (QED) is 0.789. The predicted octanol–water partition coefficient (Wildman–Crippen LogP) is 1.93. The van der Waals surface area contributed by atoms with Crippen LogP contribution in [0.5, 0.6) is 0 Å². The minimum Gasteiger partial charge on any atom is -0.480 e. The number of hydrogen-bond donors (Lipinski definition) is 2. The summed E-state index contributed by atoms with van der Waals surface area (Å²) < 4.78 is 0. The van der Waals surface area contributed by atoms with E-state index in [-0.39, 0.29) is 6.03 Å². The number of carbonyl (C=O) groups is 2. The average molecular weight is 256 g/mol. The molecule has 5 nitrogen and oxygen atoms in total. The van der Waals surface area contributed by atoms with Crippen molar-refractivity contribution in [3.8, 4) is 0 Å². The molecule has 0 aromatic heterocycles. The van der Waals surface area contributed by atoms with Crippen LogP contribution in [-0.2, 0) is 4.79 Å². The van der Waals surface area contributed by atoms with Crippen molar-refractivity contribution in [2.75, 3.05) is 13.1 Å². The van der Waals surface area contributed by atoms with Crippen LogP contribution in [0.1, 0.15) is 40.0 Å². The summed E-state index contributed by atoms with van der Waals surface area (Å²) in [6.45, 7) is 7.66. The van der Waals surface area contributed by atoms with E-state index in [0.29, 0.717) is 31.3 Å². The fourth-order valence-electron chi connectivity index (χ4n) is 2.20. The molecule has 1 saturated heterocycles. The fraction of sp³-hybridized carbons (Fsp3) is 0.846. The van der Waals surface area contributed by atoms with Crippen LogP contribution in [0.15, 0.2) is 0 Å². The highest BCUT2D eigenvalue weighted by atomic mass is 16.4. The number of nitrogens with one attached hydrogen (secondary N) is 1. The Bertz CT molecular complexity index is 297. The summed E-state index contributed by atoms with van der Waals surface area (Å²) in [6.07, 6.45) is 2.23. The van der Waals surface area contributed by atoms with E-state index in [9.17, 15) is 9.59 Å². The summed E-state index contributed by atoms with van der Waals surface area (Å²) in [5.74, 6) is 0.0152. The summed E-state index contributed by atoms with van der Waals surface area (Å²) in [4.78, 5) is 24.7. The van der Waals surface area contributed by atoms with E-state index in [0.717, 1.165) is 12.8 Å². The largest absolute Gasteiger partial charge is 0.480 e. The lowest BCUT2D eigenvalue weighted by molar-refractivity contribution is -0.139. The molecule has 2 amide bonds. The summed E-state index contributed by atoms with van der Waals surface area (Å²) in [6, 6.07) is -1.00. The van der Waals surface area contributed by atoms with Gasteiger partial charge in [0.25, 0.3) is 0 Å². The minimum atomic E-state index is -0.947. The molecule has 5 heteroatoms. The van der Waals surface area contributed by atoms with Gasteiger partial charge in [0.2, 0.25) is 0 Å². The van der Waals surface area contributed by atoms with Gasteiger partial charge >= 0.3 is 12.0 Å². The van der Waals surface area contributed by atoms with Gasteiger partial charge in [-0.1, -0.05) is 33.6 Å². The van der Waals surface area contributed by atoms with Crippen molar-refractivity contribution < 1.29 is 14.7 Å². The van der Waals surface area contributed by atoms with Crippen molar-refractivity contribution >= 4 is 12.0 Å². The molecule has 1 heterocycles. The van der Waals surface area contributed by atoms with Gasteiger partial charge in [-0.05, 0) is 18.3 Å². The smallest absolute Gasteiger partial charge is 0.326 e. The van der Waals surface area contributed by atoms with Crippen molar-refractivity contribution in [2.24, 2.45) is 11.8 Å². The molecule has 0 spiro atoms. The van der Waals surface area contributed by atoms with Gasteiger partial charge in [0.1, 0.15) is 6.04 Å². The maximum atomic E-state index is 12.0. The molecule has 104 valence electrons. The number of carboxylic acid groups (broad SMARTS) is 1. The topological polar surface area (TPSA) is 69.6 Å². The molecule has 0 aromatic carbocycles. The highest BCUT2D eigenvalue weighted by Gasteiger charge is 2.31. The summed E-state index contributed by atoms with van der Waals surface area (Å²) in [5, 5.41) is 11.7. The minimum absolute atomic E-state index is 0.241. The third kappa shape index (κ3) is 3.89. The molecular weight excluding hydrogens is 232 g/mol. The molecule has 0 bridgehead atoms. The Balaban J connectivity index is 2.48. The number of amides is 2. The standard InChI is InChI=1S/C13H24N2O3/c1-4-5-6-11(12(16)17)14-13(18)15-7-9(2)10(3)8-15/h9-11H,4-8H2,1-3H3,(H,14,18)(H,16,17). The SMILES string of the molecule is CCCCC(NC(=O)N1CC(C)C(C)C1)C(=O)O. The molecular formula is C13H24N2O3. The van der Waals surface area contributed by atoms with Crippen molar-refractivity contribution in [3.05, 3.63) is 0 Å². The number of aliphatic carboxylic acids is 1. The number of likely N-dealkylation sites (tertiary alicyclic amines) is 1. The van der Waals surface area contributed by atoms with Crippen LogP contribution in [0.3, 0.4) is 0 Å². The first-order valence-electron chi connectivity index (χ1n) is 6.74. The Morgan fingerprint density at radius 2 is 1.89 bits per heavy atom. The molecule has 0 aliphatic carbocycles. The maximum absolute atomic E-state index is 12.0. The summed E-state index contributed by atoms with van der Waals surface area (Å²) in [7, 11) is 0. The Morgan fingerprint density at radius 3 is 2.33 bits per heavy atom. The van der Waals surface area contributed by atoms with Gasteiger partial charge in [-0.3, -0.25) is 0 Å². The number of carboxylic acids is 1. The first-order valence-corrected chi connectivity index (χ1v) is 6.74. The van der Waals surface area contributed by atoms with Crippen LogP contribution in [0, 0.1) is 11.8 Å². The normalized spacial score (nSPS) is 24.9. The highest BCUT2D eigenvalue weighted by molar-refractivity contribution is 5.82. The fourth-order valence-corrected chi connectivity index (χ4v) is 2.20. The molecule has 18 heavy (non-hydrogen) atoms. The Morgan fingerprint density at radius 1 is 1.33 bits per heavy atom. The number of unbranched alkanes of at least 4 members (excludes halogenated alkanes) is 1. The lowest BCUT2D eigenvalue weighted by atomic mass is 10.0. The molecule has 1 aliphatic rings. The second-order valence-corrected chi connectivity index (χ2v) is 5.34. The van der Waals surface area contributed by atoms with Crippen molar-refractivity contribution in [1.29, 1.82) is 0 Å². The van der Waals surface area contributed by atoms with E-state index in [4.69, 9.17) is 5.11 Å². The number of rotatable bonds is 5. The van der Waals surface area contributed by atoms with Gasteiger partial charge < -0.3 is 15.3 Å². The van der Waals surface area contributed by atoms with Gasteiger partial charge in [-0.25, -0.2) is 9.59 Å². The number of nitrogens with zero attached hydrogens (tertiary/aromatic N) is 1. The lowest BCUT2D eigenvalue weighted by Crippen LogP contribution is -2.47. The number of urea groups is 1. The average Bonchev–Trinajstić information content (AvgIpc) is 2.64. The van der Waals surface area contributed by atoms with Gasteiger partial charge in [-0.15, -0.1) is 0 Å². The summed E-state index contributed by atoms with van der Waals surface area (Å²) in [5.41, 5.74) is 0. The zero-order valence-corrected chi connectivity index (χ0v) is 11.5. The lowest BCUT2D eigenvalue weighted by Gasteiger charge is -2.20. The van der Waals surface area contributed by atoms with Gasteiger partial charge in [0.05, 0.1) is 0 Å².